The van der Waals surface area contributed by atoms with Gasteiger partial charge in [0, 0.05) is 38.1 Å². The van der Waals surface area contributed by atoms with Crippen molar-refractivity contribution in [2.24, 2.45) is 0 Å². The van der Waals surface area contributed by atoms with E-state index in [1.165, 1.54) is 0 Å². The van der Waals surface area contributed by atoms with Gasteiger partial charge in [-0.1, -0.05) is 0 Å². The number of nitrogens with two attached hydrogens (primary N) is 1. The zero-order valence-corrected chi connectivity index (χ0v) is 14.3. The molecule has 0 aliphatic carbocycles. The fourth-order valence-corrected chi connectivity index (χ4v) is 2.55. The second-order valence-corrected chi connectivity index (χ2v) is 5.71. The molecule has 0 fully saturated rings. The standard InChI is InChI=1S/C18H32N2O3/c1-2-23-18-15-16(9-10-17(18)19)20(11-5-3-7-13-21)12-6-4-8-14-22/h9-10,15,21-22H,2-8,11-14,19H2,1H3. The third-order valence-corrected chi connectivity index (χ3v) is 3.83. The van der Waals surface area contributed by atoms with Gasteiger partial charge in [-0.3, -0.25) is 0 Å². The van der Waals surface area contributed by atoms with Crippen molar-refractivity contribution in [2.45, 2.75) is 45.4 Å². The van der Waals surface area contributed by atoms with Gasteiger partial charge in [0.25, 0.3) is 0 Å². The lowest BCUT2D eigenvalue weighted by molar-refractivity contribution is 0.282. The number of aliphatic hydroxyl groups excluding tert-OH is 2. The Morgan fingerprint density at radius 3 is 2.09 bits per heavy atom. The molecule has 0 spiro atoms. The molecule has 0 atom stereocenters. The van der Waals surface area contributed by atoms with Crippen LogP contribution in [0.1, 0.15) is 45.4 Å². The SMILES string of the molecule is CCOc1cc(N(CCCCCO)CCCCCO)ccc1N. The summed E-state index contributed by atoms with van der Waals surface area (Å²) in [4.78, 5) is 2.34. The number of hydrogen-bond donors (Lipinski definition) is 3. The molecule has 0 bridgehead atoms. The lowest BCUT2D eigenvalue weighted by Crippen LogP contribution is -2.26. The van der Waals surface area contributed by atoms with Crippen LogP contribution < -0.4 is 15.4 Å². The van der Waals surface area contributed by atoms with Gasteiger partial charge in [-0.05, 0) is 57.6 Å². The molecule has 4 N–H and O–H groups in total. The van der Waals surface area contributed by atoms with Crippen LogP contribution in [0, 0.1) is 0 Å². The van der Waals surface area contributed by atoms with E-state index in [1.807, 2.05) is 25.1 Å². The van der Waals surface area contributed by atoms with Crippen molar-refractivity contribution >= 4 is 11.4 Å². The molecule has 0 amide bonds. The van der Waals surface area contributed by atoms with Gasteiger partial charge >= 0.3 is 0 Å². The van der Waals surface area contributed by atoms with Gasteiger partial charge in [-0.2, -0.15) is 0 Å². The summed E-state index contributed by atoms with van der Waals surface area (Å²) in [6, 6.07) is 5.95. The Kier molecular flexibility index (Phi) is 10.2. The molecule has 1 rings (SSSR count). The maximum absolute atomic E-state index is 8.91. The first-order valence-electron chi connectivity index (χ1n) is 8.72. The Balaban J connectivity index is 2.69. The Morgan fingerprint density at radius 1 is 0.957 bits per heavy atom. The first-order valence-corrected chi connectivity index (χ1v) is 8.72. The van der Waals surface area contributed by atoms with Crippen LogP contribution in [0.2, 0.25) is 0 Å². The third kappa shape index (κ3) is 7.57. The van der Waals surface area contributed by atoms with Crippen LogP contribution in [0.4, 0.5) is 11.4 Å². The number of aliphatic hydroxyl groups is 2. The first-order chi connectivity index (χ1) is 11.2. The van der Waals surface area contributed by atoms with Crippen LogP contribution in [-0.2, 0) is 0 Å². The van der Waals surface area contributed by atoms with E-state index in [0.717, 1.165) is 63.1 Å². The summed E-state index contributed by atoms with van der Waals surface area (Å²) < 4.78 is 5.60. The van der Waals surface area contributed by atoms with Crippen LogP contribution in [-0.4, -0.2) is 43.1 Å². The highest BCUT2D eigenvalue weighted by atomic mass is 16.5. The molecular weight excluding hydrogens is 292 g/mol. The van der Waals surface area contributed by atoms with E-state index < -0.39 is 0 Å². The molecule has 1 aromatic carbocycles. The highest BCUT2D eigenvalue weighted by Gasteiger charge is 2.09. The van der Waals surface area contributed by atoms with Gasteiger partial charge in [0.2, 0.25) is 0 Å². The van der Waals surface area contributed by atoms with Crippen molar-refractivity contribution in [3.05, 3.63) is 18.2 Å². The number of anilines is 2. The maximum atomic E-state index is 8.91. The largest absolute Gasteiger partial charge is 0.492 e. The second-order valence-electron chi connectivity index (χ2n) is 5.71. The summed E-state index contributed by atoms with van der Waals surface area (Å²) in [5, 5.41) is 17.8. The number of nitrogen functional groups attached to an aromatic ring is 1. The molecule has 0 aliphatic rings. The summed E-state index contributed by atoms with van der Waals surface area (Å²) >= 11 is 0. The molecule has 1 aromatic rings. The van der Waals surface area contributed by atoms with Crippen molar-refractivity contribution in [3.8, 4) is 5.75 Å². The van der Waals surface area contributed by atoms with Gasteiger partial charge in [0.05, 0.1) is 12.3 Å². The van der Waals surface area contributed by atoms with Crippen molar-refractivity contribution < 1.29 is 14.9 Å². The summed E-state index contributed by atoms with van der Waals surface area (Å²) in [7, 11) is 0. The molecule has 0 aliphatic heterocycles. The molecule has 0 aromatic heterocycles. The predicted molar refractivity (Wildman–Crippen MR) is 96.1 cm³/mol. The molecule has 0 saturated heterocycles. The lowest BCUT2D eigenvalue weighted by atomic mass is 10.1. The fourth-order valence-electron chi connectivity index (χ4n) is 2.55. The van der Waals surface area contributed by atoms with E-state index in [9.17, 15) is 0 Å². The van der Waals surface area contributed by atoms with Crippen molar-refractivity contribution in [1.29, 1.82) is 0 Å². The molecule has 23 heavy (non-hydrogen) atoms. The first kappa shape index (κ1) is 19.6. The van der Waals surface area contributed by atoms with Crippen LogP contribution in [0.15, 0.2) is 18.2 Å². The zero-order chi connectivity index (χ0) is 16.9. The maximum Gasteiger partial charge on any atom is 0.144 e. The Labute approximate surface area is 140 Å². The van der Waals surface area contributed by atoms with E-state index in [0.29, 0.717) is 12.3 Å². The number of hydrogen-bond acceptors (Lipinski definition) is 5. The predicted octanol–water partition coefficient (Wildman–Crippen LogP) is 2.80. The van der Waals surface area contributed by atoms with Crippen LogP contribution in [0.5, 0.6) is 5.75 Å². The van der Waals surface area contributed by atoms with Gasteiger partial charge in [-0.15, -0.1) is 0 Å². The zero-order valence-electron chi connectivity index (χ0n) is 14.3. The number of ether oxygens (including phenoxy) is 1. The highest BCUT2D eigenvalue weighted by Crippen LogP contribution is 2.28. The number of benzene rings is 1. The average molecular weight is 324 g/mol. The van der Waals surface area contributed by atoms with Gasteiger partial charge < -0.3 is 25.6 Å². The topological polar surface area (TPSA) is 79.0 Å². The molecule has 132 valence electrons. The molecule has 0 unspecified atom stereocenters. The minimum absolute atomic E-state index is 0.257. The molecule has 5 nitrogen and oxygen atoms in total. The average Bonchev–Trinajstić information content (AvgIpc) is 2.56. The van der Waals surface area contributed by atoms with Crippen LogP contribution in [0.25, 0.3) is 0 Å². The van der Waals surface area contributed by atoms with Crippen molar-refractivity contribution in [2.75, 3.05) is 43.5 Å². The minimum Gasteiger partial charge on any atom is -0.492 e. The normalized spacial score (nSPS) is 10.7. The smallest absolute Gasteiger partial charge is 0.144 e. The summed E-state index contributed by atoms with van der Waals surface area (Å²) in [6.07, 6.45) is 5.85. The summed E-state index contributed by atoms with van der Waals surface area (Å²) in [5.41, 5.74) is 7.74. The second kappa shape index (κ2) is 12.0. The monoisotopic (exact) mass is 324 g/mol. The van der Waals surface area contributed by atoms with Crippen molar-refractivity contribution in [3.63, 3.8) is 0 Å². The summed E-state index contributed by atoms with van der Waals surface area (Å²) in [6.45, 7) is 4.97. The quantitative estimate of drug-likeness (QED) is 0.384. The Bertz CT molecular complexity index is 415. The van der Waals surface area contributed by atoms with E-state index >= 15 is 0 Å². The fraction of sp³-hybridized carbons (Fsp3) is 0.667. The van der Waals surface area contributed by atoms with Gasteiger partial charge in [0.1, 0.15) is 5.75 Å². The van der Waals surface area contributed by atoms with Gasteiger partial charge in [0.15, 0.2) is 0 Å². The van der Waals surface area contributed by atoms with E-state index in [2.05, 4.69) is 4.90 Å². The molecular formula is C18H32N2O3. The molecule has 5 heteroatoms. The number of nitrogens with zero attached hydrogens (tertiary/aromatic N) is 1. The number of rotatable bonds is 13. The molecule has 0 heterocycles. The molecule has 0 radical (unpaired) electrons. The van der Waals surface area contributed by atoms with Crippen molar-refractivity contribution in [1.82, 2.24) is 0 Å². The highest BCUT2D eigenvalue weighted by molar-refractivity contribution is 5.62. The van der Waals surface area contributed by atoms with E-state index in [-0.39, 0.29) is 13.2 Å². The Morgan fingerprint density at radius 2 is 1.57 bits per heavy atom. The van der Waals surface area contributed by atoms with Crippen LogP contribution in [0.3, 0.4) is 0 Å². The third-order valence-electron chi connectivity index (χ3n) is 3.83. The van der Waals surface area contributed by atoms with E-state index in [4.69, 9.17) is 20.7 Å². The van der Waals surface area contributed by atoms with Crippen LogP contribution >= 0.6 is 0 Å². The summed E-state index contributed by atoms with van der Waals surface area (Å²) in [5.74, 6) is 0.737. The minimum atomic E-state index is 0.257. The van der Waals surface area contributed by atoms with E-state index in [1.54, 1.807) is 0 Å². The number of unbranched alkanes of at least 4 members (excludes halogenated alkanes) is 4. The molecule has 0 saturated carbocycles. The van der Waals surface area contributed by atoms with Gasteiger partial charge in [-0.25, -0.2) is 0 Å². The lowest BCUT2D eigenvalue weighted by Gasteiger charge is -2.26. The Hall–Kier alpha value is -1.46.